The molecular weight excluding hydrogens is 272 g/mol. The van der Waals surface area contributed by atoms with Crippen LogP contribution in [0.1, 0.15) is 23.7 Å². The van der Waals surface area contributed by atoms with E-state index in [-0.39, 0.29) is 17.4 Å². The van der Waals surface area contributed by atoms with Crippen molar-refractivity contribution in [1.82, 2.24) is 0 Å². The molecule has 0 radical (unpaired) electrons. The lowest BCUT2D eigenvalue weighted by molar-refractivity contribution is 0.122. The molecule has 0 amide bonds. The van der Waals surface area contributed by atoms with Gasteiger partial charge in [-0.3, -0.25) is 0 Å². The molecule has 2 unspecified atom stereocenters. The van der Waals surface area contributed by atoms with Crippen molar-refractivity contribution in [3.8, 4) is 0 Å². The van der Waals surface area contributed by atoms with Gasteiger partial charge in [0.15, 0.2) is 9.84 Å². The van der Waals surface area contributed by atoms with Gasteiger partial charge in [-0.1, -0.05) is 36.4 Å². The quantitative estimate of drug-likeness (QED) is 0.925. The first-order valence-electron chi connectivity index (χ1n) is 6.85. The Labute approximate surface area is 119 Å². The van der Waals surface area contributed by atoms with Crippen LogP contribution in [0.2, 0.25) is 0 Å². The number of sulfone groups is 1. The van der Waals surface area contributed by atoms with E-state index in [0.29, 0.717) is 6.42 Å². The van der Waals surface area contributed by atoms with Crippen LogP contribution in [0.5, 0.6) is 0 Å². The van der Waals surface area contributed by atoms with Gasteiger partial charge >= 0.3 is 0 Å². The third-order valence-electron chi connectivity index (χ3n) is 4.20. The van der Waals surface area contributed by atoms with Gasteiger partial charge in [-0.25, -0.2) is 8.42 Å². The molecule has 2 atom stereocenters. The van der Waals surface area contributed by atoms with Gasteiger partial charge in [0.2, 0.25) is 0 Å². The highest BCUT2D eigenvalue weighted by molar-refractivity contribution is 7.91. The predicted octanol–water partition coefficient (Wildman–Crippen LogP) is 2.62. The van der Waals surface area contributed by atoms with E-state index in [4.69, 9.17) is 0 Å². The zero-order chi connectivity index (χ0) is 14.3. The molecule has 0 aliphatic carbocycles. The topological polar surface area (TPSA) is 54.4 Å². The fraction of sp³-hybridized carbons (Fsp3) is 0.375. The SMILES string of the molecule is Cc1ccc2ccccc2c1C(O)C1CCS(=O)(=O)C1. The standard InChI is InChI=1S/C16H18O3S/c1-11-6-7-12-4-2-3-5-14(12)15(11)16(17)13-8-9-20(18,19)10-13/h2-7,13,16-17H,8-10H2,1H3. The molecule has 0 spiro atoms. The molecule has 106 valence electrons. The van der Waals surface area contributed by atoms with Gasteiger partial charge in [0, 0.05) is 5.92 Å². The van der Waals surface area contributed by atoms with E-state index in [1.807, 2.05) is 43.3 Å². The molecule has 3 nitrogen and oxygen atoms in total. The summed E-state index contributed by atoms with van der Waals surface area (Å²) in [7, 11) is -2.97. The van der Waals surface area contributed by atoms with Gasteiger partial charge in [-0.15, -0.1) is 0 Å². The van der Waals surface area contributed by atoms with Crippen LogP contribution in [-0.2, 0) is 9.84 Å². The number of fused-ring (bicyclic) bond motifs is 1. The highest BCUT2D eigenvalue weighted by Gasteiger charge is 2.34. The zero-order valence-electron chi connectivity index (χ0n) is 11.4. The maximum atomic E-state index is 11.6. The molecule has 1 fully saturated rings. The molecule has 2 aromatic carbocycles. The Kier molecular flexibility index (Phi) is 3.30. The van der Waals surface area contributed by atoms with Crippen LogP contribution in [0.25, 0.3) is 10.8 Å². The summed E-state index contributed by atoms with van der Waals surface area (Å²) in [5.74, 6) is 0.0968. The molecule has 1 aliphatic rings. The normalized spacial score (nSPS) is 23.0. The molecule has 1 saturated heterocycles. The van der Waals surface area contributed by atoms with Crippen molar-refractivity contribution in [2.24, 2.45) is 5.92 Å². The predicted molar refractivity (Wildman–Crippen MR) is 80.4 cm³/mol. The van der Waals surface area contributed by atoms with Crippen LogP contribution in [-0.4, -0.2) is 25.0 Å². The smallest absolute Gasteiger partial charge is 0.150 e. The first-order valence-corrected chi connectivity index (χ1v) is 8.67. The van der Waals surface area contributed by atoms with E-state index in [0.717, 1.165) is 21.9 Å². The van der Waals surface area contributed by atoms with Crippen LogP contribution in [0, 0.1) is 12.8 Å². The zero-order valence-corrected chi connectivity index (χ0v) is 12.2. The van der Waals surface area contributed by atoms with Crippen molar-refractivity contribution in [1.29, 1.82) is 0 Å². The number of aliphatic hydroxyl groups is 1. The van der Waals surface area contributed by atoms with Crippen LogP contribution >= 0.6 is 0 Å². The van der Waals surface area contributed by atoms with E-state index < -0.39 is 15.9 Å². The Morgan fingerprint density at radius 2 is 1.95 bits per heavy atom. The van der Waals surface area contributed by atoms with Crippen LogP contribution in [0.15, 0.2) is 36.4 Å². The van der Waals surface area contributed by atoms with Crippen LogP contribution < -0.4 is 0 Å². The Morgan fingerprint density at radius 3 is 2.65 bits per heavy atom. The Balaban J connectivity index is 2.07. The molecule has 1 aliphatic heterocycles. The number of hydrogen-bond donors (Lipinski definition) is 1. The number of aliphatic hydroxyl groups excluding tert-OH is 1. The summed E-state index contributed by atoms with van der Waals surface area (Å²) in [6, 6.07) is 11.9. The second-order valence-electron chi connectivity index (χ2n) is 5.63. The maximum absolute atomic E-state index is 11.6. The second kappa shape index (κ2) is 4.86. The van der Waals surface area contributed by atoms with Crippen molar-refractivity contribution >= 4 is 20.6 Å². The maximum Gasteiger partial charge on any atom is 0.150 e. The summed E-state index contributed by atoms with van der Waals surface area (Å²) in [4.78, 5) is 0. The van der Waals surface area contributed by atoms with Crippen molar-refractivity contribution < 1.29 is 13.5 Å². The summed E-state index contributed by atoms with van der Waals surface area (Å²) < 4.78 is 23.2. The molecular formula is C16H18O3S. The van der Waals surface area contributed by atoms with Gasteiger partial charge in [0.05, 0.1) is 17.6 Å². The van der Waals surface area contributed by atoms with Crippen molar-refractivity contribution in [2.75, 3.05) is 11.5 Å². The number of benzene rings is 2. The van der Waals surface area contributed by atoms with Crippen molar-refractivity contribution in [3.63, 3.8) is 0 Å². The van der Waals surface area contributed by atoms with E-state index in [9.17, 15) is 13.5 Å². The van der Waals surface area contributed by atoms with E-state index in [2.05, 4.69) is 0 Å². The fourth-order valence-electron chi connectivity index (χ4n) is 3.11. The van der Waals surface area contributed by atoms with Gasteiger partial charge in [-0.2, -0.15) is 0 Å². The average Bonchev–Trinajstić information content (AvgIpc) is 2.78. The van der Waals surface area contributed by atoms with Gasteiger partial charge in [0.25, 0.3) is 0 Å². The number of rotatable bonds is 2. The Hall–Kier alpha value is -1.39. The minimum absolute atomic E-state index is 0.0941. The monoisotopic (exact) mass is 290 g/mol. The summed E-state index contributed by atoms with van der Waals surface area (Å²) in [6.45, 7) is 1.97. The number of hydrogen-bond acceptors (Lipinski definition) is 3. The molecule has 0 saturated carbocycles. The summed E-state index contributed by atoms with van der Waals surface area (Å²) in [5, 5.41) is 12.8. The van der Waals surface area contributed by atoms with Gasteiger partial charge < -0.3 is 5.11 Å². The van der Waals surface area contributed by atoms with Crippen LogP contribution in [0.3, 0.4) is 0 Å². The van der Waals surface area contributed by atoms with Gasteiger partial charge in [-0.05, 0) is 35.2 Å². The number of aryl methyl sites for hydroxylation is 1. The first kappa shape index (κ1) is 13.6. The molecule has 1 N–H and O–H groups in total. The Bertz CT molecular complexity index is 749. The minimum atomic E-state index is -2.97. The van der Waals surface area contributed by atoms with E-state index in [1.165, 1.54) is 0 Å². The van der Waals surface area contributed by atoms with Crippen molar-refractivity contribution in [3.05, 3.63) is 47.5 Å². The molecule has 0 aromatic heterocycles. The summed E-state index contributed by atoms with van der Waals surface area (Å²) in [6.07, 6.45) is -0.162. The second-order valence-corrected chi connectivity index (χ2v) is 7.85. The van der Waals surface area contributed by atoms with E-state index >= 15 is 0 Å². The van der Waals surface area contributed by atoms with E-state index in [1.54, 1.807) is 0 Å². The lowest BCUT2D eigenvalue weighted by Crippen LogP contribution is -2.15. The van der Waals surface area contributed by atoms with Gasteiger partial charge in [0.1, 0.15) is 0 Å². The lowest BCUT2D eigenvalue weighted by Gasteiger charge is -2.21. The van der Waals surface area contributed by atoms with Crippen molar-refractivity contribution in [2.45, 2.75) is 19.4 Å². The molecule has 2 aromatic rings. The third kappa shape index (κ3) is 2.34. The van der Waals surface area contributed by atoms with Crippen LogP contribution in [0.4, 0.5) is 0 Å². The first-order chi connectivity index (χ1) is 9.48. The minimum Gasteiger partial charge on any atom is -0.388 e. The molecule has 20 heavy (non-hydrogen) atoms. The average molecular weight is 290 g/mol. The highest BCUT2D eigenvalue weighted by atomic mass is 32.2. The highest BCUT2D eigenvalue weighted by Crippen LogP contribution is 2.36. The molecule has 0 bridgehead atoms. The lowest BCUT2D eigenvalue weighted by atomic mass is 9.88. The summed E-state index contributed by atoms with van der Waals surface area (Å²) in [5.41, 5.74) is 1.89. The molecule has 3 rings (SSSR count). The largest absolute Gasteiger partial charge is 0.388 e. The molecule has 4 heteroatoms. The third-order valence-corrected chi connectivity index (χ3v) is 5.99. The Morgan fingerprint density at radius 1 is 1.20 bits per heavy atom. The fourth-order valence-corrected chi connectivity index (χ4v) is 4.94. The molecule has 1 heterocycles. The summed E-state index contributed by atoms with van der Waals surface area (Å²) >= 11 is 0.